The maximum absolute atomic E-state index is 14.0. The molecule has 3 heterocycles. The molecule has 1 amide bonds. The molecule has 3 aromatic rings. The van der Waals surface area contributed by atoms with E-state index in [0.717, 1.165) is 0 Å². The number of rotatable bonds is 11. The Kier molecular flexibility index (Phi) is 10.0. The first-order valence-corrected chi connectivity index (χ1v) is 13.6. The fourth-order valence-corrected chi connectivity index (χ4v) is 5.40. The van der Waals surface area contributed by atoms with Crippen molar-refractivity contribution in [3.05, 3.63) is 51.4 Å². The zero-order valence-corrected chi connectivity index (χ0v) is 24.1. The van der Waals surface area contributed by atoms with Gasteiger partial charge in [-0.25, -0.2) is 13.8 Å². The van der Waals surface area contributed by atoms with Crippen LogP contribution in [0.3, 0.4) is 0 Å². The zero-order chi connectivity index (χ0) is 29.7. The fraction of sp³-hybridized carbons (Fsp3) is 0.407. The third kappa shape index (κ3) is 6.71. The van der Waals surface area contributed by atoms with Crippen LogP contribution in [0.4, 0.5) is 14.7 Å². The van der Waals surface area contributed by atoms with Gasteiger partial charge in [-0.3, -0.25) is 19.1 Å². The largest absolute Gasteiger partial charge is 0.495 e. The molecular formula is C27H30Cl2F2N6O4. The molecule has 0 saturated carbocycles. The summed E-state index contributed by atoms with van der Waals surface area (Å²) in [5, 5.41) is 3.23. The molecule has 0 atom stereocenters. The number of benzene rings is 1. The Hall–Kier alpha value is -3.48. The first kappa shape index (κ1) is 30.5. The number of fused-ring (bicyclic) bond motifs is 1. The van der Waals surface area contributed by atoms with E-state index in [1.54, 1.807) is 11.0 Å². The summed E-state index contributed by atoms with van der Waals surface area (Å²) >= 11 is 13.3. The van der Waals surface area contributed by atoms with Gasteiger partial charge in [0.2, 0.25) is 11.9 Å². The van der Waals surface area contributed by atoms with Crippen LogP contribution in [0.15, 0.2) is 35.8 Å². The Morgan fingerprint density at radius 3 is 2.37 bits per heavy atom. The second kappa shape index (κ2) is 13.5. The number of piperazine rings is 1. The van der Waals surface area contributed by atoms with Crippen LogP contribution in [0.25, 0.3) is 22.2 Å². The third-order valence-corrected chi connectivity index (χ3v) is 7.55. The summed E-state index contributed by atoms with van der Waals surface area (Å²) < 4.78 is 37.8. The van der Waals surface area contributed by atoms with Gasteiger partial charge in [-0.1, -0.05) is 29.8 Å². The second-order valence-corrected chi connectivity index (χ2v) is 10.0. The Labute approximate surface area is 245 Å². The molecule has 0 spiro atoms. The molecule has 1 aliphatic rings. The Balaban J connectivity index is 1.72. The highest BCUT2D eigenvalue weighted by atomic mass is 35.5. The summed E-state index contributed by atoms with van der Waals surface area (Å²) in [6.45, 7) is 6.37. The lowest BCUT2D eigenvalue weighted by Gasteiger charge is -2.34. The summed E-state index contributed by atoms with van der Waals surface area (Å²) in [5.74, 6) is 0.416. The standard InChI is InChI=1S/C27H30Cl2F2N6O4/c1-4-21(38)36-10-8-35(9-11-36)6-5-7-37-25-16(14-32-27(34-25)33-15-20(30)31)12-17(26(37)39)22-23(28)18(40-2)13-19(41-3)24(22)29/h4,12-14,20H,1,5-11,15H2,2-3H3,(H,32,33,34). The molecule has 41 heavy (non-hydrogen) atoms. The molecule has 1 aliphatic heterocycles. The highest BCUT2D eigenvalue weighted by molar-refractivity contribution is 6.41. The van der Waals surface area contributed by atoms with Crippen LogP contribution in [0, 0.1) is 0 Å². The van der Waals surface area contributed by atoms with Gasteiger partial charge in [-0.2, -0.15) is 4.98 Å². The van der Waals surface area contributed by atoms with Crippen molar-refractivity contribution >= 4 is 46.1 Å². The van der Waals surface area contributed by atoms with Crippen LogP contribution in [-0.2, 0) is 11.3 Å². The van der Waals surface area contributed by atoms with E-state index in [-0.39, 0.29) is 56.7 Å². The van der Waals surface area contributed by atoms with E-state index in [1.165, 1.54) is 37.1 Å². The number of aromatic nitrogens is 3. The van der Waals surface area contributed by atoms with E-state index in [9.17, 15) is 18.4 Å². The normalized spacial score (nSPS) is 14.0. The molecule has 14 heteroatoms. The SMILES string of the molecule is C=CC(=O)N1CCN(CCCn2c(=O)c(-c3c(Cl)c(OC)cc(OC)c3Cl)cc3cnc(NCC(F)F)nc32)CC1. The summed E-state index contributed by atoms with van der Waals surface area (Å²) in [7, 11) is 2.87. The average molecular weight is 611 g/mol. The molecule has 0 bridgehead atoms. The minimum absolute atomic E-state index is 0.0270. The van der Waals surface area contributed by atoms with Gasteiger partial charge in [0.15, 0.2) is 0 Å². The minimum Gasteiger partial charge on any atom is -0.495 e. The molecule has 0 unspecified atom stereocenters. The van der Waals surface area contributed by atoms with Gasteiger partial charge in [0, 0.05) is 55.9 Å². The molecule has 1 N–H and O–H groups in total. The Bertz CT molecular complexity index is 1470. The zero-order valence-electron chi connectivity index (χ0n) is 22.6. The number of ether oxygens (including phenoxy) is 2. The molecule has 10 nitrogen and oxygen atoms in total. The van der Waals surface area contributed by atoms with Crippen LogP contribution in [0.2, 0.25) is 10.0 Å². The number of halogens is 4. The van der Waals surface area contributed by atoms with E-state index in [2.05, 4.69) is 26.8 Å². The lowest BCUT2D eigenvalue weighted by atomic mass is 10.0. The molecule has 220 valence electrons. The van der Waals surface area contributed by atoms with Gasteiger partial charge in [-0.05, 0) is 25.1 Å². The quantitative estimate of drug-likeness (QED) is 0.323. The fourth-order valence-electron chi connectivity index (χ4n) is 4.69. The highest BCUT2D eigenvalue weighted by Crippen LogP contribution is 2.45. The predicted octanol–water partition coefficient (Wildman–Crippen LogP) is 4.18. The van der Waals surface area contributed by atoms with Gasteiger partial charge in [0.05, 0.1) is 36.4 Å². The number of nitrogens with one attached hydrogen (secondary N) is 1. The number of pyridine rings is 1. The number of alkyl halides is 2. The van der Waals surface area contributed by atoms with E-state index >= 15 is 0 Å². The lowest BCUT2D eigenvalue weighted by Crippen LogP contribution is -2.48. The van der Waals surface area contributed by atoms with E-state index in [0.29, 0.717) is 44.5 Å². The van der Waals surface area contributed by atoms with Crippen molar-refractivity contribution in [1.82, 2.24) is 24.3 Å². The maximum atomic E-state index is 14.0. The number of methoxy groups -OCH3 is 2. The average Bonchev–Trinajstić information content (AvgIpc) is 2.97. The van der Waals surface area contributed by atoms with Crippen molar-refractivity contribution < 1.29 is 23.0 Å². The minimum atomic E-state index is -2.60. The van der Waals surface area contributed by atoms with Gasteiger partial charge < -0.3 is 19.7 Å². The molecule has 1 aromatic carbocycles. The van der Waals surface area contributed by atoms with Crippen LogP contribution in [0.1, 0.15) is 6.42 Å². The summed E-state index contributed by atoms with van der Waals surface area (Å²) in [5.41, 5.74) is 0.247. The number of anilines is 1. The topological polar surface area (TPSA) is 102 Å². The Morgan fingerprint density at radius 2 is 1.78 bits per heavy atom. The predicted molar refractivity (Wildman–Crippen MR) is 155 cm³/mol. The van der Waals surface area contributed by atoms with Crippen molar-refractivity contribution in [2.75, 3.05) is 58.8 Å². The molecular weight excluding hydrogens is 581 g/mol. The lowest BCUT2D eigenvalue weighted by molar-refractivity contribution is -0.127. The molecule has 2 aromatic heterocycles. The number of nitrogens with zero attached hydrogens (tertiary/aromatic N) is 5. The second-order valence-electron chi connectivity index (χ2n) is 9.27. The van der Waals surface area contributed by atoms with Gasteiger partial charge in [-0.15, -0.1) is 0 Å². The van der Waals surface area contributed by atoms with Crippen molar-refractivity contribution in [1.29, 1.82) is 0 Å². The number of carbonyl (C=O) groups is 1. The van der Waals surface area contributed by atoms with Crippen LogP contribution in [0.5, 0.6) is 11.5 Å². The number of hydrogen-bond donors (Lipinski definition) is 1. The van der Waals surface area contributed by atoms with Crippen molar-refractivity contribution in [2.24, 2.45) is 0 Å². The monoisotopic (exact) mass is 610 g/mol. The van der Waals surface area contributed by atoms with Crippen molar-refractivity contribution in [2.45, 2.75) is 19.4 Å². The first-order valence-electron chi connectivity index (χ1n) is 12.8. The number of amides is 1. The van der Waals surface area contributed by atoms with Crippen LogP contribution < -0.4 is 20.3 Å². The van der Waals surface area contributed by atoms with Gasteiger partial charge in [0.25, 0.3) is 12.0 Å². The smallest absolute Gasteiger partial charge is 0.260 e. The number of aryl methyl sites for hydroxylation is 1. The van der Waals surface area contributed by atoms with Gasteiger partial charge in [0.1, 0.15) is 17.1 Å². The van der Waals surface area contributed by atoms with E-state index < -0.39 is 18.5 Å². The highest BCUT2D eigenvalue weighted by Gasteiger charge is 2.24. The molecule has 4 rings (SSSR count). The first-order chi connectivity index (χ1) is 19.7. The molecule has 0 radical (unpaired) electrons. The summed E-state index contributed by atoms with van der Waals surface area (Å²) in [6.07, 6.45) is 0.724. The summed E-state index contributed by atoms with van der Waals surface area (Å²) in [6, 6.07) is 3.09. The number of carbonyl (C=O) groups excluding carboxylic acids is 1. The molecule has 0 aliphatic carbocycles. The van der Waals surface area contributed by atoms with Crippen LogP contribution >= 0.6 is 23.2 Å². The molecule has 1 fully saturated rings. The van der Waals surface area contributed by atoms with E-state index in [4.69, 9.17) is 32.7 Å². The van der Waals surface area contributed by atoms with Gasteiger partial charge >= 0.3 is 0 Å². The van der Waals surface area contributed by atoms with Crippen molar-refractivity contribution in [3.63, 3.8) is 0 Å². The number of hydrogen-bond acceptors (Lipinski definition) is 8. The van der Waals surface area contributed by atoms with Crippen molar-refractivity contribution in [3.8, 4) is 22.6 Å². The summed E-state index contributed by atoms with van der Waals surface area (Å²) in [4.78, 5) is 38.3. The maximum Gasteiger partial charge on any atom is 0.260 e. The van der Waals surface area contributed by atoms with Crippen LogP contribution in [-0.4, -0.2) is 90.2 Å². The Morgan fingerprint density at radius 1 is 1.12 bits per heavy atom. The van der Waals surface area contributed by atoms with E-state index in [1.807, 2.05) is 0 Å². The third-order valence-electron chi connectivity index (χ3n) is 6.80. The molecule has 1 saturated heterocycles.